The summed E-state index contributed by atoms with van der Waals surface area (Å²) in [5.41, 5.74) is 2.96. The minimum absolute atomic E-state index is 0.187. The zero-order valence-corrected chi connectivity index (χ0v) is 14.4. The molecule has 0 saturated heterocycles. The maximum Gasteiger partial charge on any atom is 0.268 e. The van der Waals surface area contributed by atoms with Gasteiger partial charge in [0.05, 0.1) is 17.6 Å². The van der Waals surface area contributed by atoms with Crippen molar-refractivity contribution >= 4 is 22.6 Å². The number of carbonyl (C=O) groups is 1. The number of hydrogen-bond donors (Lipinski definition) is 1. The van der Waals surface area contributed by atoms with Crippen LogP contribution >= 0.6 is 0 Å². The number of nitrogens with zero attached hydrogens (tertiary/aromatic N) is 4. The van der Waals surface area contributed by atoms with E-state index in [2.05, 4.69) is 15.3 Å². The molecule has 4 aromatic heterocycles. The van der Waals surface area contributed by atoms with Gasteiger partial charge in [0.1, 0.15) is 17.0 Å². The Hall–Kier alpha value is -3.48. The predicted octanol–water partition coefficient (Wildman–Crippen LogP) is 1.82. The molecule has 0 spiro atoms. The van der Waals surface area contributed by atoms with Crippen molar-refractivity contribution in [2.45, 2.75) is 13.5 Å². The zero-order valence-electron chi connectivity index (χ0n) is 14.4. The number of rotatable bonds is 3. The average Bonchev–Trinajstić information content (AvgIpc) is 2.98. The first-order valence-corrected chi connectivity index (χ1v) is 8.21. The maximum absolute atomic E-state index is 12.8. The molecule has 0 saturated carbocycles. The van der Waals surface area contributed by atoms with Crippen molar-refractivity contribution in [3.8, 4) is 0 Å². The fraction of sp³-hybridized carbons (Fsp3) is 0.158. The molecule has 0 unspecified atom stereocenters. The molecule has 0 aromatic carbocycles. The molecule has 130 valence electrons. The van der Waals surface area contributed by atoms with E-state index in [9.17, 15) is 9.59 Å². The maximum atomic E-state index is 12.8. The SMILES string of the molecule is Cc1ccc2nc3c(cc(C(=O)NCc4ccccn4)n3C)c(=O)n2c1. The summed E-state index contributed by atoms with van der Waals surface area (Å²) in [6, 6.07) is 10.8. The van der Waals surface area contributed by atoms with Crippen LogP contribution in [0.3, 0.4) is 0 Å². The second-order valence-corrected chi connectivity index (χ2v) is 6.18. The summed E-state index contributed by atoms with van der Waals surface area (Å²) in [5.74, 6) is -0.277. The normalized spacial score (nSPS) is 11.2. The summed E-state index contributed by atoms with van der Waals surface area (Å²) in [6.07, 6.45) is 3.43. The van der Waals surface area contributed by atoms with Gasteiger partial charge in [-0.05, 0) is 36.8 Å². The molecule has 4 heterocycles. The van der Waals surface area contributed by atoms with E-state index in [1.165, 1.54) is 4.40 Å². The average molecular weight is 347 g/mol. The van der Waals surface area contributed by atoms with Crippen molar-refractivity contribution in [3.05, 3.63) is 76.1 Å². The van der Waals surface area contributed by atoms with Crippen LogP contribution in [0.5, 0.6) is 0 Å². The summed E-state index contributed by atoms with van der Waals surface area (Å²) in [6.45, 7) is 2.23. The fourth-order valence-corrected chi connectivity index (χ4v) is 2.96. The summed E-state index contributed by atoms with van der Waals surface area (Å²) in [4.78, 5) is 34.1. The van der Waals surface area contributed by atoms with Crippen LogP contribution in [-0.2, 0) is 13.6 Å². The quantitative estimate of drug-likeness (QED) is 0.613. The molecule has 7 nitrogen and oxygen atoms in total. The third-order valence-electron chi connectivity index (χ3n) is 4.33. The second-order valence-electron chi connectivity index (χ2n) is 6.18. The minimum Gasteiger partial charge on any atom is -0.345 e. The third kappa shape index (κ3) is 2.63. The number of hydrogen-bond acceptors (Lipinski definition) is 4. The van der Waals surface area contributed by atoms with Gasteiger partial charge in [0.2, 0.25) is 0 Å². The third-order valence-corrected chi connectivity index (χ3v) is 4.33. The zero-order chi connectivity index (χ0) is 18.3. The van der Waals surface area contributed by atoms with Gasteiger partial charge in [-0.2, -0.15) is 0 Å². The van der Waals surface area contributed by atoms with E-state index in [-0.39, 0.29) is 11.5 Å². The van der Waals surface area contributed by atoms with Crippen LogP contribution in [0.2, 0.25) is 0 Å². The topological polar surface area (TPSA) is 81.3 Å². The van der Waals surface area contributed by atoms with Gasteiger partial charge in [-0.25, -0.2) is 4.98 Å². The Morgan fingerprint density at radius 1 is 1.23 bits per heavy atom. The Bertz CT molecular complexity index is 1190. The molecule has 0 bridgehead atoms. The fourth-order valence-electron chi connectivity index (χ4n) is 2.96. The lowest BCUT2D eigenvalue weighted by atomic mass is 10.3. The lowest BCUT2D eigenvalue weighted by Crippen LogP contribution is -2.25. The second kappa shape index (κ2) is 6.11. The number of amides is 1. The van der Waals surface area contributed by atoms with Gasteiger partial charge >= 0.3 is 0 Å². The van der Waals surface area contributed by atoms with E-state index >= 15 is 0 Å². The highest BCUT2D eigenvalue weighted by Crippen LogP contribution is 2.15. The molecule has 0 aliphatic carbocycles. The van der Waals surface area contributed by atoms with Crippen molar-refractivity contribution in [3.63, 3.8) is 0 Å². The summed E-state index contributed by atoms with van der Waals surface area (Å²) < 4.78 is 3.15. The van der Waals surface area contributed by atoms with E-state index < -0.39 is 0 Å². The largest absolute Gasteiger partial charge is 0.345 e. The molecule has 4 aromatic rings. The van der Waals surface area contributed by atoms with E-state index in [1.54, 1.807) is 36.1 Å². The number of pyridine rings is 2. The molecule has 0 atom stereocenters. The van der Waals surface area contributed by atoms with Crippen molar-refractivity contribution < 1.29 is 4.79 Å². The van der Waals surface area contributed by atoms with Crippen LogP contribution in [0.15, 0.2) is 53.6 Å². The molecule has 7 heteroatoms. The number of carbonyl (C=O) groups excluding carboxylic acids is 1. The van der Waals surface area contributed by atoms with Gasteiger partial charge < -0.3 is 9.88 Å². The summed E-state index contributed by atoms with van der Waals surface area (Å²) >= 11 is 0. The minimum atomic E-state index is -0.277. The van der Waals surface area contributed by atoms with Crippen LogP contribution in [0.4, 0.5) is 0 Å². The van der Waals surface area contributed by atoms with Crippen molar-refractivity contribution in [2.24, 2.45) is 7.05 Å². The van der Waals surface area contributed by atoms with Crippen LogP contribution in [0.1, 0.15) is 21.7 Å². The van der Waals surface area contributed by atoms with Crippen LogP contribution in [-0.4, -0.2) is 24.8 Å². The Balaban J connectivity index is 1.75. The molecule has 0 aliphatic rings. The predicted molar refractivity (Wildman–Crippen MR) is 98.1 cm³/mol. The number of aryl methyl sites for hydroxylation is 2. The lowest BCUT2D eigenvalue weighted by molar-refractivity contribution is 0.0942. The van der Waals surface area contributed by atoms with Crippen molar-refractivity contribution in [1.29, 1.82) is 0 Å². The highest BCUT2D eigenvalue weighted by atomic mass is 16.2. The monoisotopic (exact) mass is 347 g/mol. The van der Waals surface area contributed by atoms with Gasteiger partial charge in [0.15, 0.2) is 0 Å². The molecule has 0 radical (unpaired) electrons. The van der Waals surface area contributed by atoms with Gasteiger partial charge in [0, 0.05) is 19.4 Å². The highest BCUT2D eigenvalue weighted by Gasteiger charge is 2.17. The van der Waals surface area contributed by atoms with Gasteiger partial charge in [-0.1, -0.05) is 12.1 Å². The number of aromatic nitrogens is 4. The first-order valence-electron chi connectivity index (χ1n) is 8.21. The van der Waals surface area contributed by atoms with Crippen molar-refractivity contribution in [2.75, 3.05) is 0 Å². The van der Waals surface area contributed by atoms with E-state index in [0.29, 0.717) is 28.9 Å². The standard InChI is InChI=1S/C19H17N5O2/c1-12-6-7-16-22-17-14(19(26)24(16)11-12)9-15(23(17)2)18(25)21-10-13-5-3-4-8-20-13/h3-9,11H,10H2,1-2H3,(H,21,25). The molecule has 0 aliphatic heterocycles. The first-order chi connectivity index (χ1) is 12.5. The van der Waals surface area contributed by atoms with Gasteiger partial charge in [-0.3, -0.25) is 19.0 Å². The molecule has 26 heavy (non-hydrogen) atoms. The molecular formula is C19H17N5O2. The molecule has 4 rings (SSSR count). The van der Waals surface area contributed by atoms with E-state index in [0.717, 1.165) is 11.3 Å². The lowest BCUT2D eigenvalue weighted by Gasteiger charge is -2.06. The van der Waals surface area contributed by atoms with Crippen molar-refractivity contribution in [1.82, 2.24) is 24.3 Å². The van der Waals surface area contributed by atoms with Crippen LogP contribution in [0, 0.1) is 6.92 Å². The van der Waals surface area contributed by atoms with E-state index in [1.807, 2.05) is 31.2 Å². The Morgan fingerprint density at radius 3 is 2.85 bits per heavy atom. The number of fused-ring (bicyclic) bond motifs is 2. The molecule has 1 N–H and O–H groups in total. The Labute approximate surface area is 148 Å². The molecule has 0 fully saturated rings. The number of nitrogens with one attached hydrogen (secondary N) is 1. The highest BCUT2D eigenvalue weighted by molar-refractivity contribution is 5.97. The first kappa shape index (κ1) is 16.0. The summed E-state index contributed by atoms with van der Waals surface area (Å²) in [7, 11) is 1.73. The van der Waals surface area contributed by atoms with Crippen LogP contribution in [0.25, 0.3) is 16.7 Å². The summed E-state index contributed by atoms with van der Waals surface area (Å²) in [5, 5.41) is 3.24. The Kier molecular flexibility index (Phi) is 3.76. The molecular weight excluding hydrogens is 330 g/mol. The Morgan fingerprint density at radius 2 is 2.08 bits per heavy atom. The molecule has 1 amide bonds. The van der Waals surface area contributed by atoms with Crippen LogP contribution < -0.4 is 10.9 Å². The van der Waals surface area contributed by atoms with E-state index in [4.69, 9.17) is 0 Å². The smallest absolute Gasteiger partial charge is 0.268 e. The van der Waals surface area contributed by atoms with Gasteiger partial charge in [0.25, 0.3) is 11.5 Å². The van der Waals surface area contributed by atoms with Gasteiger partial charge in [-0.15, -0.1) is 0 Å².